The molecule has 2 aliphatic heterocycles. The second-order valence-corrected chi connectivity index (χ2v) is 7.32. The van der Waals surface area contributed by atoms with Crippen molar-refractivity contribution in [2.45, 2.75) is 65.1 Å². The van der Waals surface area contributed by atoms with E-state index >= 15 is 0 Å². The van der Waals surface area contributed by atoms with Gasteiger partial charge in [0.05, 0.1) is 29.6 Å². The largest absolute Gasteiger partial charge is 0.511 e. The lowest BCUT2D eigenvalue weighted by Crippen LogP contribution is -2.29. The van der Waals surface area contributed by atoms with Crippen molar-refractivity contribution in [1.29, 1.82) is 0 Å². The van der Waals surface area contributed by atoms with E-state index in [1.165, 1.54) is 16.7 Å². The van der Waals surface area contributed by atoms with Crippen LogP contribution in [0.15, 0.2) is 17.9 Å². The summed E-state index contributed by atoms with van der Waals surface area (Å²) in [7, 11) is 0. The molecule has 128 valence electrons. The number of Topliss-reactive ketones (excluding diaryl/α,β-unsaturated/α-hetero) is 1. The molecule has 1 aliphatic carbocycles. The third kappa shape index (κ3) is 2.03. The first kappa shape index (κ1) is 15.9. The number of allylic oxidation sites excluding steroid dienone is 1. The van der Waals surface area contributed by atoms with Crippen LogP contribution in [-0.4, -0.2) is 23.1 Å². The van der Waals surface area contributed by atoms with E-state index in [2.05, 4.69) is 32.9 Å². The highest BCUT2D eigenvalue weighted by Gasteiger charge is 2.59. The second-order valence-electron chi connectivity index (χ2n) is 7.32. The van der Waals surface area contributed by atoms with Gasteiger partial charge >= 0.3 is 0 Å². The summed E-state index contributed by atoms with van der Waals surface area (Å²) in [6.07, 6.45) is 4.70. The summed E-state index contributed by atoms with van der Waals surface area (Å²) >= 11 is 0. The van der Waals surface area contributed by atoms with Gasteiger partial charge in [-0.25, -0.2) is 0 Å². The van der Waals surface area contributed by atoms with E-state index in [0.29, 0.717) is 11.3 Å². The highest BCUT2D eigenvalue weighted by atomic mass is 16.5. The van der Waals surface area contributed by atoms with Gasteiger partial charge in [0.15, 0.2) is 5.78 Å². The standard InChI is InChI=1S/C21H26O3/c1-4-11-9-12(5-2)16(13(6-3)10-11)19-20(22)17-14-7-8-15(24-14)18(17)21(19)23/h9-10,14-15,17-18,22H,4-8H2,1-3H3/t14-,15+,17-,18+/m1/s1. The molecule has 0 amide bonds. The van der Waals surface area contributed by atoms with Crippen LogP contribution in [-0.2, 0) is 28.8 Å². The van der Waals surface area contributed by atoms with Gasteiger partial charge in [0, 0.05) is 0 Å². The topological polar surface area (TPSA) is 46.5 Å². The van der Waals surface area contributed by atoms with E-state index in [0.717, 1.165) is 37.7 Å². The number of aliphatic hydroxyl groups is 1. The molecule has 1 N–H and O–H groups in total. The average molecular weight is 326 g/mol. The van der Waals surface area contributed by atoms with E-state index < -0.39 is 0 Å². The predicted octanol–water partition coefficient (Wildman–Crippen LogP) is 4.02. The zero-order valence-electron chi connectivity index (χ0n) is 14.8. The van der Waals surface area contributed by atoms with Gasteiger partial charge in [-0.1, -0.05) is 32.9 Å². The van der Waals surface area contributed by atoms with Gasteiger partial charge in [0.1, 0.15) is 5.76 Å². The minimum Gasteiger partial charge on any atom is -0.511 e. The third-order valence-electron chi connectivity index (χ3n) is 6.18. The maximum absolute atomic E-state index is 13.2. The quantitative estimate of drug-likeness (QED) is 0.909. The van der Waals surface area contributed by atoms with Crippen LogP contribution < -0.4 is 0 Å². The van der Waals surface area contributed by atoms with Gasteiger partial charge in [-0.2, -0.15) is 0 Å². The molecule has 3 aliphatic rings. The number of rotatable bonds is 4. The summed E-state index contributed by atoms with van der Waals surface area (Å²) in [6, 6.07) is 4.42. The summed E-state index contributed by atoms with van der Waals surface area (Å²) in [5, 5.41) is 11.0. The lowest BCUT2D eigenvalue weighted by molar-refractivity contribution is -0.118. The molecule has 24 heavy (non-hydrogen) atoms. The average Bonchev–Trinajstić information content (AvgIpc) is 3.28. The molecule has 3 heteroatoms. The summed E-state index contributed by atoms with van der Waals surface area (Å²) in [4.78, 5) is 13.2. The molecular weight excluding hydrogens is 300 g/mol. The van der Waals surface area contributed by atoms with Crippen LogP contribution in [0, 0.1) is 11.8 Å². The molecule has 3 nitrogen and oxygen atoms in total. The Morgan fingerprint density at radius 1 is 1.00 bits per heavy atom. The van der Waals surface area contributed by atoms with Gasteiger partial charge in [-0.15, -0.1) is 0 Å². The fourth-order valence-electron chi connectivity index (χ4n) is 4.99. The smallest absolute Gasteiger partial charge is 0.173 e. The molecule has 2 fully saturated rings. The monoisotopic (exact) mass is 326 g/mol. The van der Waals surface area contributed by atoms with E-state index in [1.807, 2.05) is 0 Å². The highest BCUT2D eigenvalue weighted by Crippen LogP contribution is 2.54. The number of hydrogen-bond acceptors (Lipinski definition) is 3. The van der Waals surface area contributed by atoms with Crippen molar-refractivity contribution in [3.63, 3.8) is 0 Å². The van der Waals surface area contributed by atoms with Crippen molar-refractivity contribution in [3.05, 3.63) is 40.1 Å². The van der Waals surface area contributed by atoms with Crippen molar-refractivity contribution < 1.29 is 14.6 Å². The highest BCUT2D eigenvalue weighted by molar-refractivity contribution is 6.26. The van der Waals surface area contributed by atoms with Crippen molar-refractivity contribution in [2.24, 2.45) is 11.8 Å². The molecule has 0 spiro atoms. The normalized spacial score (nSPS) is 31.2. The molecule has 0 radical (unpaired) electrons. The molecule has 2 saturated heterocycles. The van der Waals surface area contributed by atoms with Crippen molar-refractivity contribution in [2.75, 3.05) is 0 Å². The van der Waals surface area contributed by atoms with Crippen LogP contribution in [0.3, 0.4) is 0 Å². The number of carbonyl (C=O) groups is 1. The molecule has 0 saturated carbocycles. The number of aryl methyl sites for hydroxylation is 3. The van der Waals surface area contributed by atoms with Gasteiger partial charge in [-0.3, -0.25) is 4.79 Å². The minimum absolute atomic E-state index is 0.0113. The predicted molar refractivity (Wildman–Crippen MR) is 94.0 cm³/mol. The van der Waals surface area contributed by atoms with E-state index in [9.17, 15) is 9.90 Å². The number of benzene rings is 1. The van der Waals surface area contributed by atoms with Crippen LogP contribution in [0.2, 0.25) is 0 Å². The zero-order valence-corrected chi connectivity index (χ0v) is 14.8. The van der Waals surface area contributed by atoms with Crippen LogP contribution in [0.5, 0.6) is 0 Å². The summed E-state index contributed by atoms with van der Waals surface area (Å²) < 4.78 is 5.90. The second kappa shape index (κ2) is 5.73. The van der Waals surface area contributed by atoms with Crippen LogP contribution >= 0.6 is 0 Å². The van der Waals surface area contributed by atoms with Crippen molar-refractivity contribution in [3.8, 4) is 0 Å². The molecule has 2 heterocycles. The van der Waals surface area contributed by atoms with Gasteiger partial charge in [-0.05, 0) is 54.4 Å². The Kier molecular flexibility index (Phi) is 3.80. The fraction of sp³-hybridized carbons (Fsp3) is 0.571. The zero-order chi connectivity index (χ0) is 17.0. The lowest BCUT2D eigenvalue weighted by Gasteiger charge is -2.19. The fourth-order valence-corrected chi connectivity index (χ4v) is 4.99. The van der Waals surface area contributed by atoms with Gasteiger partial charge in [0.2, 0.25) is 0 Å². The Balaban J connectivity index is 1.88. The number of carbonyl (C=O) groups excluding carboxylic acids is 1. The SMILES string of the molecule is CCc1cc(CC)c(C2=C(O)[C@H]3[C@@H](C2=O)[C@@H]2CC[C@H]3O2)c(CC)c1. The van der Waals surface area contributed by atoms with Gasteiger partial charge < -0.3 is 9.84 Å². The third-order valence-corrected chi connectivity index (χ3v) is 6.18. The Bertz CT molecular complexity index is 706. The minimum atomic E-state index is -0.154. The van der Waals surface area contributed by atoms with Crippen LogP contribution in [0.4, 0.5) is 0 Å². The van der Waals surface area contributed by atoms with Crippen molar-refractivity contribution in [1.82, 2.24) is 0 Å². The van der Waals surface area contributed by atoms with E-state index in [4.69, 9.17) is 4.74 Å². The summed E-state index contributed by atoms with van der Waals surface area (Å²) in [5.41, 5.74) is 5.29. The van der Waals surface area contributed by atoms with E-state index in [1.54, 1.807) is 0 Å². The molecule has 1 aromatic carbocycles. The number of hydrogen-bond donors (Lipinski definition) is 1. The number of ether oxygens (including phenoxy) is 1. The first-order chi connectivity index (χ1) is 11.6. The number of aliphatic hydroxyl groups excluding tert-OH is 1. The first-order valence-corrected chi connectivity index (χ1v) is 9.38. The molecule has 0 aromatic heterocycles. The number of ketones is 1. The lowest BCUT2D eigenvalue weighted by atomic mass is 9.80. The molecule has 4 rings (SSSR count). The Labute approximate surface area is 143 Å². The Hall–Kier alpha value is -1.61. The Morgan fingerprint density at radius 3 is 2.08 bits per heavy atom. The maximum Gasteiger partial charge on any atom is 0.173 e. The molecule has 2 bridgehead atoms. The summed E-state index contributed by atoms with van der Waals surface area (Å²) in [6.45, 7) is 6.41. The first-order valence-electron chi connectivity index (χ1n) is 9.38. The maximum atomic E-state index is 13.2. The van der Waals surface area contributed by atoms with Crippen LogP contribution in [0.1, 0.15) is 55.9 Å². The molecule has 1 aromatic rings. The van der Waals surface area contributed by atoms with E-state index in [-0.39, 0.29) is 29.8 Å². The van der Waals surface area contributed by atoms with Gasteiger partial charge in [0.25, 0.3) is 0 Å². The van der Waals surface area contributed by atoms with Crippen molar-refractivity contribution >= 4 is 11.4 Å². The number of fused-ring (bicyclic) bond motifs is 5. The summed E-state index contributed by atoms with van der Waals surface area (Å²) in [5.74, 6) is 0.148. The molecule has 4 atom stereocenters. The van der Waals surface area contributed by atoms with Crippen LogP contribution in [0.25, 0.3) is 5.57 Å². The molecular formula is C21H26O3. The molecule has 0 unspecified atom stereocenters. The Morgan fingerprint density at radius 2 is 1.58 bits per heavy atom.